The van der Waals surface area contributed by atoms with Crippen LogP contribution in [0.4, 0.5) is 0 Å². The van der Waals surface area contributed by atoms with Crippen LogP contribution < -0.4 is 29.6 Å². The molecule has 0 aromatic heterocycles. The summed E-state index contributed by atoms with van der Waals surface area (Å²) in [5.41, 5.74) is 0. The van der Waals surface area contributed by atoms with Crippen molar-refractivity contribution in [1.82, 2.24) is 0 Å². The smallest absolute Gasteiger partial charge is 0.422 e. The maximum Gasteiger partial charge on any atom is 1.00 e. The number of unbranched alkanes of at least 4 members (excludes halogenated alkanes) is 5. The molecule has 0 heterocycles. The van der Waals surface area contributed by atoms with E-state index in [1.807, 2.05) is 0 Å². The molecule has 4 heteroatoms. The molecule has 0 aliphatic rings. The van der Waals surface area contributed by atoms with Gasteiger partial charge in [-0.1, -0.05) is 42.6 Å². The molecule has 0 atom stereocenters. The normalized spacial score (nSPS) is 9.31. The van der Waals surface area contributed by atoms with Gasteiger partial charge in [0.15, 0.2) is 0 Å². The third kappa shape index (κ3) is 16.3. The van der Waals surface area contributed by atoms with E-state index in [1.165, 1.54) is 38.5 Å². The van der Waals surface area contributed by atoms with Crippen molar-refractivity contribution in [3.8, 4) is 0 Å². The Kier molecular flexibility index (Phi) is 17.9. The largest absolute Gasteiger partial charge is 1.00 e. The van der Waals surface area contributed by atoms with Crippen molar-refractivity contribution in [1.29, 1.82) is 0 Å². The van der Waals surface area contributed by atoms with Crippen LogP contribution in [0.25, 0.3) is 0 Å². The Hall–Kier alpha value is 1.66. The summed E-state index contributed by atoms with van der Waals surface area (Å²) >= 11 is 11.2. The average molecular weight is 244 g/mol. The quantitative estimate of drug-likeness (QED) is 0.283. The second-order valence-electron chi connectivity index (χ2n) is 2.87. The standard InChI is InChI=1S/C9H18S3.Na/c1-2-3-4-5-6-7-8-12-9(10)11;/h2-8H2,1H3,(H,10,11);/q;+1/p-1. The third-order valence-electron chi connectivity index (χ3n) is 1.72. The fourth-order valence-corrected chi connectivity index (χ4v) is 2.05. The van der Waals surface area contributed by atoms with Gasteiger partial charge >= 0.3 is 29.6 Å². The van der Waals surface area contributed by atoms with Crippen molar-refractivity contribution < 1.29 is 29.6 Å². The van der Waals surface area contributed by atoms with E-state index < -0.39 is 0 Å². The summed E-state index contributed by atoms with van der Waals surface area (Å²) in [4.78, 5) is 0. The van der Waals surface area contributed by atoms with Crippen LogP contribution in [0.2, 0.25) is 0 Å². The SMILES string of the molecule is CCCCCCCCSC(=S)[S-].[Na+]. The maximum absolute atomic E-state index is 4.79. The van der Waals surface area contributed by atoms with Gasteiger partial charge in [0.1, 0.15) is 0 Å². The molecule has 0 spiro atoms. The molecule has 0 aromatic rings. The van der Waals surface area contributed by atoms with Crippen molar-refractivity contribution in [2.45, 2.75) is 45.4 Å². The van der Waals surface area contributed by atoms with E-state index in [0.29, 0.717) is 3.53 Å². The maximum atomic E-state index is 4.79. The number of hydrogen-bond acceptors (Lipinski definition) is 3. The van der Waals surface area contributed by atoms with Crippen LogP contribution in [0.3, 0.4) is 0 Å². The van der Waals surface area contributed by atoms with Gasteiger partial charge in [0, 0.05) is 0 Å². The van der Waals surface area contributed by atoms with Crippen molar-refractivity contribution in [3.63, 3.8) is 0 Å². The zero-order valence-electron chi connectivity index (χ0n) is 8.67. The van der Waals surface area contributed by atoms with Crippen LogP contribution in [-0.2, 0) is 12.6 Å². The van der Waals surface area contributed by atoms with Crippen LogP contribution in [0.15, 0.2) is 0 Å². The molecule has 0 aliphatic carbocycles. The fraction of sp³-hybridized carbons (Fsp3) is 0.889. The molecule has 0 aliphatic heterocycles. The minimum Gasteiger partial charge on any atom is -0.422 e. The molecule has 0 N–H and O–H groups in total. The van der Waals surface area contributed by atoms with Gasteiger partial charge in [0.25, 0.3) is 0 Å². The molecule has 0 aromatic carbocycles. The summed E-state index contributed by atoms with van der Waals surface area (Å²) in [6.07, 6.45) is 8.08. The van der Waals surface area contributed by atoms with Gasteiger partial charge in [-0.25, -0.2) is 0 Å². The molecule has 0 nitrogen and oxygen atoms in total. The zero-order chi connectivity index (χ0) is 9.23. The first-order valence-corrected chi connectivity index (χ1v) is 6.41. The Balaban J connectivity index is 0. The van der Waals surface area contributed by atoms with E-state index >= 15 is 0 Å². The summed E-state index contributed by atoms with van der Waals surface area (Å²) in [5, 5.41) is 0. The average Bonchev–Trinajstić information content (AvgIpc) is 2.02. The Morgan fingerprint density at radius 2 is 1.69 bits per heavy atom. The number of rotatable bonds is 7. The summed E-state index contributed by atoms with van der Waals surface area (Å²) in [6.45, 7) is 2.24. The van der Waals surface area contributed by atoms with Gasteiger partial charge in [-0.2, -0.15) is 0 Å². The second kappa shape index (κ2) is 13.7. The molecule has 0 bridgehead atoms. The number of hydrogen-bond donors (Lipinski definition) is 0. The summed E-state index contributed by atoms with van der Waals surface area (Å²) < 4.78 is 0.670. The van der Waals surface area contributed by atoms with E-state index in [2.05, 4.69) is 6.92 Å². The van der Waals surface area contributed by atoms with E-state index in [0.717, 1.165) is 5.75 Å². The fourth-order valence-electron chi connectivity index (χ4n) is 1.04. The molecule has 13 heavy (non-hydrogen) atoms. The molecule has 0 saturated carbocycles. The molecule has 0 amide bonds. The first-order valence-electron chi connectivity index (χ1n) is 4.61. The predicted molar refractivity (Wildman–Crippen MR) is 65.8 cm³/mol. The zero-order valence-corrected chi connectivity index (χ0v) is 13.1. The molecule has 72 valence electrons. The van der Waals surface area contributed by atoms with Gasteiger partial charge in [-0.15, -0.1) is 11.8 Å². The minimum atomic E-state index is 0. The predicted octanol–water partition coefficient (Wildman–Crippen LogP) is 0.916. The van der Waals surface area contributed by atoms with Crippen LogP contribution in [0, 0.1) is 0 Å². The van der Waals surface area contributed by atoms with Gasteiger partial charge < -0.3 is 24.8 Å². The second-order valence-corrected chi connectivity index (χ2v) is 5.56. The Morgan fingerprint density at radius 1 is 1.15 bits per heavy atom. The van der Waals surface area contributed by atoms with Crippen LogP contribution in [0.5, 0.6) is 0 Å². The van der Waals surface area contributed by atoms with Gasteiger partial charge in [-0.05, 0) is 12.2 Å². The van der Waals surface area contributed by atoms with Crippen molar-refractivity contribution in [2.75, 3.05) is 5.75 Å². The molecule has 0 rings (SSSR count). The molecule has 0 saturated heterocycles. The first-order chi connectivity index (χ1) is 5.77. The van der Waals surface area contributed by atoms with Crippen LogP contribution in [-0.4, -0.2) is 9.28 Å². The summed E-state index contributed by atoms with van der Waals surface area (Å²) in [7, 11) is 0. The molecule has 0 radical (unpaired) electrons. The van der Waals surface area contributed by atoms with Gasteiger partial charge in [-0.3, -0.25) is 0 Å². The Labute approximate surface area is 120 Å². The molecule has 0 fully saturated rings. The van der Waals surface area contributed by atoms with Crippen molar-refractivity contribution in [3.05, 3.63) is 0 Å². The topological polar surface area (TPSA) is 0 Å². The van der Waals surface area contributed by atoms with E-state index in [4.69, 9.17) is 24.8 Å². The Bertz CT molecular complexity index is 117. The third-order valence-corrected chi connectivity index (χ3v) is 3.15. The van der Waals surface area contributed by atoms with E-state index in [1.54, 1.807) is 11.8 Å². The van der Waals surface area contributed by atoms with Gasteiger partial charge in [0.2, 0.25) is 0 Å². The van der Waals surface area contributed by atoms with Crippen LogP contribution >= 0.6 is 24.0 Å². The minimum absolute atomic E-state index is 0. The monoisotopic (exact) mass is 244 g/mol. The molecular formula is C9H17NaS3. The van der Waals surface area contributed by atoms with Crippen molar-refractivity contribution in [2.24, 2.45) is 0 Å². The molecular weight excluding hydrogens is 227 g/mol. The van der Waals surface area contributed by atoms with E-state index in [-0.39, 0.29) is 29.6 Å². The number of thiocarbonyl (C=S) groups is 1. The van der Waals surface area contributed by atoms with Gasteiger partial charge in [0.05, 0.1) is 0 Å². The Morgan fingerprint density at radius 3 is 2.23 bits per heavy atom. The number of thioether (sulfide) groups is 1. The summed E-state index contributed by atoms with van der Waals surface area (Å²) in [5.74, 6) is 1.12. The van der Waals surface area contributed by atoms with E-state index in [9.17, 15) is 0 Å². The summed E-state index contributed by atoms with van der Waals surface area (Å²) in [6, 6.07) is 0. The molecule has 0 unspecified atom stereocenters. The van der Waals surface area contributed by atoms with Crippen LogP contribution in [0.1, 0.15) is 45.4 Å². The van der Waals surface area contributed by atoms with Crippen molar-refractivity contribution >= 4 is 40.1 Å². The first kappa shape index (κ1) is 17.1.